The summed E-state index contributed by atoms with van der Waals surface area (Å²) in [5, 5.41) is 13.2. The van der Waals surface area contributed by atoms with Crippen LogP contribution in [-0.2, 0) is 58.9 Å². The average Bonchev–Trinajstić information content (AvgIpc) is 3.35. The smallest absolute Gasteiger partial charge is 0.347 e. The Hall–Kier alpha value is -5.15. The lowest BCUT2D eigenvalue weighted by atomic mass is 9.74. The molecule has 2 aliphatic heterocycles. The van der Waals surface area contributed by atoms with Gasteiger partial charge in [0.25, 0.3) is 5.60 Å². The normalized spacial score (nSPS) is 25.8. The fourth-order valence-electron chi connectivity index (χ4n) is 6.40. The standard InChI is InChI=1S/C43H50O14/c1-38(2,3)54-35(46)32-42(49,36(47)55-39(4,5)6)43(37(48)56-40(7,8)9)31(52-34(45)29-23-17-12-18-24-29)30(51-33(44)28-21-15-11-16-22-28)41(53-32,57-43)26-50-25-27-19-13-10-14-20-27/h10-24,30-32,49H,25-26H2,1-9H3/t30-,31-,32-,41+,42-,43+/m1/s1. The molecule has 3 aromatic rings. The van der Waals surface area contributed by atoms with E-state index in [0.717, 1.165) is 0 Å². The minimum Gasteiger partial charge on any atom is -0.458 e. The molecule has 2 fully saturated rings. The molecular formula is C43H50O14. The molecule has 57 heavy (non-hydrogen) atoms. The van der Waals surface area contributed by atoms with Crippen molar-refractivity contribution in [2.24, 2.45) is 0 Å². The third kappa shape index (κ3) is 9.20. The highest BCUT2D eigenvalue weighted by Crippen LogP contribution is 2.57. The molecule has 0 aromatic heterocycles. The maximum absolute atomic E-state index is 15.1. The van der Waals surface area contributed by atoms with Crippen molar-refractivity contribution < 1.29 is 67.0 Å². The van der Waals surface area contributed by atoms with E-state index >= 15 is 4.79 Å². The highest BCUT2D eigenvalue weighted by Gasteiger charge is 2.88. The largest absolute Gasteiger partial charge is 0.458 e. The van der Waals surface area contributed by atoms with Crippen molar-refractivity contribution in [2.45, 2.75) is 121 Å². The number of aliphatic hydroxyl groups is 1. The van der Waals surface area contributed by atoms with Crippen LogP contribution in [0.3, 0.4) is 0 Å². The summed E-state index contributed by atoms with van der Waals surface area (Å²) in [7, 11) is 0. The van der Waals surface area contributed by atoms with Gasteiger partial charge in [0, 0.05) is 0 Å². The summed E-state index contributed by atoms with van der Waals surface area (Å²) in [6.45, 7) is 12.7. The number of hydrogen-bond acceptors (Lipinski definition) is 14. The Bertz CT molecular complexity index is 1930. The lowest BCUT2D eigenvalue weighted by Gasteiger charge is -2.51. The summed E-state index contributed by atoms with van der Waals surface area (Å²) in [4.78, 5) is 72.4. The maximum Gasteiger partial charge on any atom is 0.347 e. The number of hydrogen-bond donors (Lipinski definition) is 1. The average molecular weight is 791 g/mol. The number of carbonyl (C=O) groups excluding carboxylic acids is 5. The Kier molecular flexibility index (Phi) is 12.1. The molecule has 0 aliphatic carbocycles. The fraction of sp³-hybridized carbons (Fsp3) is 0.465. The van der Waals surface area contributed by atoms with Gasteiger partial charge in [-0.05, 0) is 92.1 Å². The van der Waals surface area contributed by atoms with Crippen LogP contribution in [0.1, 0.15) is 88.6 Å². The second-order valence-corrected chi connectivity index (χ2v) is 16.8. The first-order chi connectivity index (χ1) is 26.5. The number of carbonyl (C=O) groups is 5. The molecule has 2 saturated heterocycles. The van der Waals surface area contributed by atoms with Crippen LogP contribution < -0.4 is 0 Å². The second kappa shape index (κ2) is 16.0. The molecule has 2 aliphatic rings. The van der Waals surface area contributed by atoms with Crippen molar-refractivity contribution in [1.82, 2.24) is 0 Å². The van der Waals surface area contributed by atoms with Crippen LogP contribution in [0, 0.1) is 0 Å². The van der Waals surface area contributed by atoms with Gasteiger partial charge in [0.1, 0.15) is 23.4 Å². The summed E-state index contributed by atoms with van der Waals surface area (Å²) in [6.07, 6.45) is -6.83. The van der Waals surface area contributed by atoms with Gasteiger partial charge in [0.05, 0.1) is 17.7 Å². The third-order valence-corrected chi connectivity index (χ3v) is 8.64. The van der Waals surface area contributed by atoms with E-state index in [-0.39, 0.29) is 17.7 Å². The first-order valence-corrected chi connectivity index (χ1v) is 18.5. The van der Waals surface area contributed by atoms with Crippen LogP contribution in [-0.4, -0.2) is 93.7 Å². The number of fused-ring (bicyclic) bond motifs is 2. The van der Waals surface area contributed by atoms with E-state index in [0.29, 0.717) is 5.56 Å². The van der Waals surface area contributed by atoms with Crippen LogP contribution in [0.4, 0.5) is 0 Å². The fourth-order valence-corrected chi connectivity index (χ4v) is 6.40. The van der Waals surface area contributed by atoms with Gasteiger partial charge in [-0.3, -0.25) is 0 Å². The molecule has 14 heteroatoms. The Morgan fingerprint density at radius 1 is 0.614 bits per heavy atom. The number of esters is 5. The van der Waals surface area contributed by atoms with Crippen LogP contribution in [0.2, 0.25) is 0 Å². The van der Waals surface area contributed by atoms with Crippen molar-refractivity contribution in [3.05, 3.63) is 108 Å². The predicted octanol–water partition coefficient (Wildman–Crippen LogP) is 5.27. The van der Waals surface area contributed by atoms with Crippen molar-refractivity contribution in [3.8, 4) is 0 Å². The van der Waals surface area contributed by atoms with E-state index in [1.165, 1.54) is 86.6 Å². The quantitative estimate of drug-likeness (QED) is 0.196. The highest BCUT2D eigenvalue weighted by atomic mass is 16.8. The Balaban J connectivity index is 1.83. The molecule has 2 bridgehead atoms. The van der Waals surface area contributed by atoms with E-state index < -0.39 is 88.6 Å². The zero-order chi connectivity index (χ0) is 42.0. The lowest BCUT2D eigenvalue weighted by molar-refractivity contribution is -0.385. The summed E-state index contributed by atoms with van der Waals surface area (Å²) in [5.74, 6) is -9.14. The van der Waals surface area contributed by atoms with Crippen molar-refractivity contribution in [3.63, 3.8) is 0 Å². The number of ether oxygens (including phenoxy) is 8. The van der Waals surface area contributed by atoms with Gasteiger partial charge >= 0.3 is 29.8 Å². The van der Waals surface area contributed by atoms with Crippen LogP contribution in [0.25, 0.3) is 0 Å². The molecule has 3 aromatic carbocycles. The highest BCUT2D eigenvalue weighted by molar-refractivity contribution is 6.00. The monoisotopic (exact) mass is 790 g/mol. The molecule has 2 heterocycles. The van der Waals surface area contributed by atoms with E-state index in [9.17, 15) is 24.3 Å². The van der Waals surface area contributed by atoms with Crippen LogP contribution in [0.15, 0.2) is 91.0 Å². The maximum atomic E-state index is 15.1. The lowest BCUT2D eigenvalue weighted by Crippen LogP contribution is -2.79. The molecule has 0 amide bonds. The summed E-state index contributed by atoms with van der Waals surface area (Å²) < 4.78 is 48.5. The Labute approximate surface area is 331 Å². The molecule has 0 unspecified atom stereocenters. The molecule has 5 rings (SSSR count). The number of rotatable bonds is 11. The van der Waals surface area contributed by atoms with Gasteiger partial charge in [0.15, 0.2) is 12.2 Å². The van der Waals surface area contributed by atoms with E-state index in [1.807, 2.05) is 0 Å². The molecule has 0 radical (unpaired) electrons. The van der Waals surface area contributed by atoms with Gasteiger partial charge in [-0.15, -0.1) is 0 Å². The first kappa shape index (κ1) is 43.0. The topological polar surface area (TPSA) is 179 Å². The molecule has 14 nitrogen and oxygen atoms in total. The van der Waals surface area contributed by atoms with Gasteiger partial charge in [-0.2, -0.15) is 0 Å². The second-order valence-electron chi connectivity index (χ2n) is 16.8. The molecule has 0 saturated carbocycles. The summed E-state index contributed by atoms with van der Waals surface area (Å²) >= 11 is 0. The van der Waals surface area contributed by atoms with Crippen molar-refractivity contribution >= 4 is 29.8 Å². The zero-order valence-corrected chi connectivity index (χ0v) is 33.6. The zero-order valence-electron chi connectivity index (χ0n) is 33.6. The van der Waals surface area contributed by atoms with Gasteiger partial charge in [-0.25, -0.2) is 24.0 Å². The van der Waals surface area contributed by atoms with Crippen molar-refractivity contribution in [1.29, 1.82) is 0 Å². The van der Waals surface area contributed by atoms with Gasteiger partial charge < -0.3 is 43.0 Å². The molecule has 6 atom stereocenters. The molecule has 0 spiro atoms. The van der Waals surface area contributed by atoms with Crippen LogP contribution >= 0.6 is 0 Å². The first-order valence-electron chi connectivity index (χ1n) is 18.5. The summed E-state index contributed by atoms with van der Waals surface area (Å²) in [5.41, 5.74) is -10.1. The minimum atomic E-state index is -3.57. The molecule has 306 valence electrons. The van der Waals surface area contributed by atoms with Crippen LogP contribution in [0.5, 0.6) is 0 Å². The van der Waals surface area contributed by atoms with E-state index in [1.54, 1.807) is 66.7 Å². The van der Waals surface area contributed by atoms with Crippen molar-refractivity contribution in [2.75, 3.05) is 6.61 Å². The molecular weight excluding hydrogens is 740 g/mol. The van der Waals surface area contributed by atoms with E-state index in [2.05, 4.69) is 0 Å². The SMILES string of the molecule is CC(C)(C)OC(=O)[C@H]1O[C@@]2(COCc3ccccc3)O[C@](C(=O)OC(C)(C)C)([C@H](OC(=O)c3ccccc3)[C@H]2OC(=O)c2ccccc2)[C@]1(O)C(=O)OC(C)(C)C. The Morgan fingerprint density at radius 3 is 1.53 bits per heavy atom. The van der Waals surface area contributed by atoms with E-state index in [4.69, 9.17) is 37.9 Å². The third-order valence-electron chi connectivity index (χ3n) is 8.64. The van der Waals surface area contributed by atoms with Gasteiger partial charge in [0.2, 0.25) is 17.5 Å². The number of benzene rings is 3. The Morgan fingerprint density at radius 2 is 1.05 bits per heavy atom. The summed E-state index contributed by atoms with van der Waals surface area (Å²) in [6, 6.07) is 24.2. The minimum absolute atomic E-state index is 0.0184. The van der Waals surface area contributed by atoms with Gasteiger partial charge in [-0.1, -0.05) is 66.7 Å². The molecule has 1 N–H and O–H groups in total. The predicted molar refractivity (Wildman–Crippen MR) is 201 cm³/mol.